The fourth-order valence-electron chi connectivity index (χ4n) is 2.91. The number of aryl methyl sites for hydroxylation is 1. The number of hydrogen-bond acceptors (Lipinski definition) is 3. The minimum absolute atomic E-state index is 0.831. The average Bonchev–Trinajstić information content (AvgIpc) is 2.55. The van der Waals surface area contributed by atoms with Crippen LogP contribution in [0.25, 0.3) is 0 Å². The molecule has 1 unspecified atom stereocenters. The number of anilines is 2. The summed E-state index contributed by atoms with van der Waals surface area (Å²) < 4.78 is 0. The summed E-state index contributed by atoms with van der Waals surface area (Å²) in [5.41, 5.74) is 2.45. The van der Waals surface area contributed by atoms with E-state index in [1.807, 2.05) is 24.4 Å². The first-order chi connectivity index (χ1) is 10.4. The Morgan fingerprint density at radius 1 is 1.19 bits per heavy atom. The molecule has 1 aromatic carbocycles. The summed E-state index contributed by atoms with van der Waals surface area (Å²) in [4.78, 5) is 4.41. The molecule has 1 fully saturated rings. The summed E-state index contributed by atoms with van der Waals surface area (Å²) in [6.07, 6.45) is 6.99. The molecule has 3 rings (SSSR count). The van der Waals surface area contributed by atoms with E-state index in [1.165, 1.54) is 37.9 Å². The van der Waals surface area contributed by atoms with Gasteiger partial charge in [-0.1, -0.05) is 18.2 Å². The summed E-state index contributed by atoms with van der Waals surface area (Å²) in [6.45, 7) is 2.37. The monoisotopic (exact) mass is 281 g/mol. The molecule has 2 aromatic rings. The molecule has 2 heterocycles. The van der Waals surface area contributed by atoms with Crippen LogP contribution < -0.4 is 10.6 Å². The highest BCUT2D eigenvalue weighted by molar-refractivity contribution is 5.56. The molecule has 0 bridgehead atoms. The number of para-hydroxylation sites is 1. The minimum Gasteiger partial charge on any atom is -0.340 e. The lowest BCUT2D eigenvalue weighted by Gasteiger charge is -2.22. The zero-order valence-corrected chi connectivity index (χ0v) is 12.4. The fourth-order valence-corrected chi connectivity index (χ4v) is 2.91. The Balaban J connectivity index is 1.57. The number of nitrogens with zero attached hydrogens (tertiary/aromatic N) is 1. The number of rotatable bonds is 5. The van der Waals surface area contributed by atoms with Crippen molar-refractivity contribution < 1.29 is 0 Å². The molecule has 0 saturated carbocycles. The van der Waals surface area contributed by atoms with Gasteiger partial charge in [0.05, 0.1) is 0 Å². The number of piperidine rings is 1. The summed E-state index contributed by atoms with van der Waals surface area (Å²) >= 11 is 0. The molecule has 0 spiro atoms. The second-order valence-corrected chi connectivity index (χ2v) is 5.79. The molecule has 2 N–H and O–H groups in total. The van der Waals surface area contributed by atoms with E-state index in [2.05, 4.69) is 39.9 Å². The Kier molecular flexibility index (Phi) is 4.85. The molecule has 1 saturated heterocycles. The van der Waals surface area contributed by atoms with Gasteiger partial charge in [-0.2, -0.15) is 0 Å². The quantitative estimate of drug-likeness (QED) is 0.876. The first-order valence-corrected chi connectivity index (χ1v) is 7.88. The largest absolute Gasteiger partial charge is 0.340 e. The Morgan fingerprint density at radius 2 is 2.10 bits per heavy atom. The molecular formula is C18H23N3. The molecule has 1 atom stereocenters. The molecule has 1 aliphatic rings. The molecule has 1 aromatic heterocycles. The van der Waals surface area contributed by atoms with E-state index in [-0.39, 0.29) is 0 Å². The van der Waals surface area contributed by atoms with Crippen molar-refractivity contribution in [1.29, 1.82) is 0 Å². The Bertz CT molecular complexity index is 547. The zero-order valence-electron chi connectivity index (χ0n) is 12.4. The van der Waals surface area contributed by atoms with E-state index >= 15 is 0 Å². The summed E-state index contributed by atoms with van der Waals surface area (Å²) in [6, 6.07) is 14.5. The van der Waals surface area contributed by atoms with Crippen molar-refractivity contribution in [3.63, 3.8) is 0 Å². The zero-order chi connectivity index (χ0) is 14.3. The van der Waals surface area contributed by atoms with Gasteiger partial charge < -0.3 is 10.6 Å². The summed E-state index contributed by atoms with van der Waals surface area (Å²) in [5.74, 6) is 1.76. The van der Waals surface area contributed by atoms with Gasteiger partial charge in [0, 0.05) is 11.9 Å². The average molecular weight is 281 g/mol. The van der Waals surface area contributed by atoms with E-state index in [1.54, 1.807) is 0 Å². The van der Waals surface area contributed by atoms with Crippen LogP contribution >= 0.6 is 0 Å². The van der Waals surface area contributed by atoms with Crippen molar-refractivity contribution in [1.82, 2.24) is 10.3 Å². The third kappa shape index (κ3) is 4.30. The molecule has 0 amide bonds. The third-order valence-electron chi connectivity index (χ3n) is 4.11. The molecule has 3 heteroatoms. The highest BCUT2D eigenvalue weighted by Gasteiger charge is 2.12. The molecular weight excluding hydrogens is 258 g/mol. The van der Waals surface area contributed by atoms with Crippen molar-refractivity contribution in [2.24, 2.45) is 5.92 Å². The van der Waals surface area contributed by atoms with Crippen LogP contribution in [0.2, 0.25) is 0 Å². The first kappa shape index (κ1) is 14.1. The Hall–Kier alpha value is -1.87. The number of benzene rings is 1. The summed E-state index contributed by atoms with van der Waals surface area (Å²) in [7, 11) is 0. The van der Waals surface area contributed by atoms with Crippen LogP contribution in [0.15, 0.2) is 48.7 Å². The molecule has 0 radical (unpaired) electrons. The Morgan fingerprint density at radius 3 is 2.90 bits per heavy atom. The van der Waals surface area contributed by atoms with Gasteiger partial charge in [-0.25, -0.2) is 4.98 Å². The van der Waals surface area contributed by atoms with E-state index in [4.69, 9.17) is 0 Å². The van der Waals surface area contributed by atoms with Gasteiger partial charge >= 0.3 is 0 Å². The topological polar surface area (TPSA) is 37.0 Å². The molecule has 21 heavy (non-hydrogen) atoms. The van der Waals surface area contributed by atoms with Crippen molar-refractivity contribution in [3.05, 3.63) is 54.2 Å². The van der Waals surface area contributed by atoms with Gasteiger partial charge in [0.25, 0.3) is 0 Å². The van der Waals surface area contributed by atoms with E-state index in [0.717, 1.165) is 23.8 Å². The highest BCUT2D eigenvalue weighted by atomic mass is 15.0. The van der Waals surface area contributed by atoms with Crippen LogP contribution in [-0.4, -0.2) is 18.1 Å². The van der Waals surface area contributed by atoms with Crippen molar-refractivity contribution in [3.8, 4) is 0 Å². The summed E-state index contributed by atoms with van der Waals surface area (Å²) in [5, 5.41) is 6.85. The van der Waals surface area contributed by atoms with Crippen LogP contribution in [0.4, 0.5) is 11.5 Å². The lowest BCUT2D eigenvalue weighted by atomic mass is 9.93. The maximum absolute atomic E-state index is 4.41. The number of pyridine rings is 1. The molecule has 110 valence electrons. The lowest BCUT2D eigenvalue weighted by Crippen LogP contribution is -2.29. The third-order valence-corrected chi connectivity index (χ3v) is 4.11. The second kappa shape index (κ2) is 7.23. The standard InChI is InChI=1S/C18H23N3/c1-2-6-17(7-3-1)21-18-13-15(10-12-20-18)8-9-16-5-4-11-19-14-16/h1-3,6-7,10,12-13,16,19H,4-5,8-9,11,14H2,(H,20,21). The SMILES string of the molecule is c1ccc(Nc2cc(CCC3CCCNC3)ccn2)cc1. The number of aromatic nitrogens is 1. The van der Waals surface area contributed by atoms with Crippen LogP contribution in [-0.2, 0) is 6.42 Å². The lowest BCUT2D eigenvalue weighted by molar-refractivity contribution is 0.358. The van der Waals surface area contributed by atoms with E-state index in [0.29, 0.717) is 0 Å². The van der Waals surface area contributed by atoms with E-state index < -0.39 is 0 Å². The second-order valence-electron chi connectivity index (χ2n) is 5.79. The minimum atomic E-state index is 0.831. The number of nitrogens with one attached hydrogen (secondary N) is 2. The van der Waals surface area contributed by atoms with Gasteiger partial charge in [-0.05, 0) is 74.5 Å². The van der Waals surface area contributed by atoms with Gasteiger partial charge in [-0.3, -0.25) is 0 Å². The fraction of sp³-hybridized carbons (Fsp3) is 0.389. The molecule has 3 nitrogen and oxygen atoms in total. The smallest absolute Gasteiger partial charge is 0.130 e. The molecule has 0 aliphatic carbocycles. The van der Waals surface area contributed by atoms with Crippen molar-refractivity contribution in [2.45, 2.75) is 25.7 Å². The van der Waals surface area contributed by atoms with Gasteiger partial charge in [-0.15, -0.1) is 0 Å². The normalized spacial score (nSPS) is 18.4. The predicted molar refractivity (Wildman–Crippen MR) is 87.9 cm³/mol. The van der Waals surface area contributed by atoms with Crippen LogP contribution in [0, 0.1) is 5.92 Å². The first-order valence-electron chi connectivity index (χ1n) is 7.88. The molecule has 1 aliphatic heterocycles. The van der Waals surface area contributed by atoms with E-state index in [9.17, 15) is 0 Å². The van der Waals surface area contributed by atoms with Crippen molar-refractivity contribution in [2.75, 3.05) is 18.4 Å². The van der Waals surface area contributed by atoms with Gasteiger partial charge in [0.15, 0.2) is 0 Å². The van der Waals surface area contributed by atoms with Crippen LogP contribution in [0.3, 0.4) is 0 Å². The van der Waals surface area contributed by atoms with Crippen molar-refractivity contribution >= 4 is 11.5 Å². The Labute approximate surface area is 126 Å². The maximum Gasteiger partial charge on any atom is 0.130 e. The maximum atomic E-state index is 4.41. The van der Waals surface area contributed by atoms with Crippen LogP contribution in [0.1, 0.15) is 24.8 Å². The van der Waals surface area contributed by atoms with Crippen LogP contribution in [0.5, 0.6) is 0 Å². The van der Waals surface area contributed by atoms with Gasteiger partial charge in [0.2, 0.25) is 0 Å². The number of hydrogen-bond donors (Lipinski definition) is 2. The predicted octanol–water partition coefficient (Wildman–Crippen LogP) is 3.76. The van der Waals surface area contributed by atoms with Gasteiger partial charge in [0.1, 0.15) is 5.82 Å². The highest BCUT2D eigenvalue weighted by Crippen LogP contribution is 2.19.